The molecule has 0 radical (unpaired) electrons. The van der Waals surface area contributed by atoms with Crippen molar-refractivity contribution >= 4 is 28.9 Å². The van der Waals surface area contributed by atoms with Crippen molar-refractivity contribution in [2.24, 2.45) is 5.73 Å². The Bertz CT molecular complexity index is 480. The van der Waals surface area contributed by atoms with Crippen molar-refractivity contribution in [1.82, 2.24) is 0 Å². The molecule has 0 atom stereocenters. The van der Waals surface area contributed by atoms with E-state index in [1.54, 1.807) is 19.2 Å². The van der Waals surface area contributed by atoms with Gasteiger partial charge in [0.2, 0.25) is 0 Å². The molecule has 0 spiro atoms. The number of nitrogens with two attached hydrogens (primary N) is 1. The lowest BCUT2D eigenvalue weighted by atomic mass is 10.1. The maximum atomic E-state index is 13.7. The van der Waals surface area contributed by atoms with Gasteiger partial charge in [-0.3, -0.25) is 4.79 Å². The van der Waals surface area contributed by atoms with Crippen LogP contribution in [0.15, 0.2) is 18.2 Å². The number of hydrogen-bond donors (Lipinski definition) is 1. The topological polar surface area (TPSA) is 55.6 Å². The van der Waals surface area contributed by atoms with Crippen LogP contribution in [0.1, 0.15) is 18.4 Å². The van der Waals surface area contributed by atoms with Crippen LogP contribution >= 0.6 is 12.2 Å². The summed E-state index contributed by atoms with van der Waals surface area (Å²) in [6.07, 6.45) is 0.926. The molecule has 104 valence electrons. The SMILES string of the molecule is COC(=O)CCCN(C)c1cccc(F)c1C(N)=S. The van der Waals surface area contributed by atoms with Gasteiger partial charge in [0.15, 0.2) is 0 Å². The van der Waals surface area contributed by atoms with Crippen LogP contribution in [-0.4, -0.2) is 31.7 Å². The predicted octanol–water partition coefficient (Wildman–Crippen LogP) is 1.85. The third-order valence-corrected chi connectivity index (χ3v) is 2.96. The summed E-state index contributed by atoms with van der Waals surface area (Å²) in [6.45, 7) is 0.578. The van der Waals surface area contributed by atoms with E-state index in [9.17, 15) is 9.18 Å². The molecule has 1 aromatic carbocycles. The van der Waals surface area contributed by atoms with E-state index in [2.05, 4.69) is 4.74 Å². The average molecular weight is 284 g/mol. The van der Waals surface area contributed by atoms with Crippen LogP contribution in [0, 0.1) is 5.82 Å². The molecule has 0 aliphatic heterocycles. The van der Waals surface area contributed by atoms with Crippen molar-refractivity contribution in [2.75, 3.05) is 25.6 Å². The van der Waals surface area contributed by atoms with Crippen LogP contribution in [0.3, 0.4) is 0 Å². The van der Waals surface area contributed by atoms with Crippen molar-refractivity contribution in [1.29, 1.82) is 0 Å². The number of hydrogen-bond acceptors (Lipinski definition) is 4. The van der Waals surface area contributed by atoms with Crippen molar-refractivity contribution in [3.05, 3.63) is 29.6 Å². The van der Waals surface area contributed by atoms with E-state index >= 15 is 0 Å². The number of carbonyl (C=O) groups is 1. The van der Waals surface area contributed by atoms with E-state index in [0.29, 0.717) is 25.1 Å². The fourth-order valence-corrected chi connectivity index (χ4v) is 1.96. The molecule has 6 heteroatoms. The number of methoxy groups -OCH3 is 1. The van der Waals surface area contributed by atoms with Gasteiger partial charge in [-0.05, 0) is 18.6 Å². The first-order chi connectivity index (χ1) is 8.97. The van der Waals surface area contributed by atoms with Crippen LogP contribution in [-0.2, 0) is 9.53 Å². The number of halogens is 1. The molecule has 0 aliphatic rings. The number of rotatable bonds is 6. The molecule has 0 heterocycles. The van der Waals surface area contributed by atoms with Crippen LogP contribution in [0.4, 0.5) is 10.1 Å². The summed E-state index contributed by atoms with van der Waals surface area (Å²) >= 11 is 4.87. The van der Waals surface area contributed by atoms with Crippen LogP contribution < -0.4 is 10.6 Å². The second-order valence-electron chi connectivity index (χ2n) is 4.10. The summed E-state index contributed by atoms with van der Waals surface area (Å²) in [5, 5.41) is 0. The zero-order chi connectivity index (χ0) is 14.4. The van der Waals surface area contributed by atoms with Gasteiger partial charge < -0.3 is 15.4 Å². The maximum Gasteiger partial charge on any atom is 0.305 e. The third kappa shape index (κ3) is 4.17. The zero-order valence-electron chi connectivity index (χ0n) is 11.0. The predicted molar refractivity (Wildman–Crippen MR) is 76.8 cm³/mol. The first-order valence-electron chi connectivity index (χ1n) is 5.83. The molecule has 0 saturated carbocycles. The highest BCUT2D eigenvalue weighted by molar-refractivity contribution is 7.80. The number of carbonyl (C=O) groups excluding carboxylic acids is 1. The third-order valence-electron chi connectivity index (χ3n) is 2.75. The molecular weight excluding hydrogens is 267 g/mol. The largest absolute Gasteiger partial charge is 0.469 e. The molecule has 0 fully saturated rings. The van der Waals surface area contributed by atoms with Gasteiger partial charge in [0, 0.05) is 25.7 Å². The molecule has 2 N–H and O–H groups in total. The summed E-state index contributed by atoms with van der Waals surface area (Å²) in [7, 11) is 3.15. The average Bonchev–Trinajstić information content (AvgIpc) is 2.37. The molecule has 0 saturated heterocycles. The summed E-state index contributed by atoms with van der Waals surface area (Å²) in [5.41, 5.74) is 6.40. The summed E-state index contributed by atoms with van der Waals surface area (Å²) < 4.78 is 18.3. The van der Waals surface area contributed by atoms with Gasteiger partial charge in [0.05, 0.1) is 12.7 Å². The zero-order valence-corrected chi connectivity index (χ0v) is 11.8. The lowest BCUT2D eigenvalue weighted by Crippen LogP contribution is -2.24. The van der Waals surface area contributed by atoms with Crippen molar-refractivity contribution in [3.63, 3.8) is 0 Å². The first kappa shape index (κ1) is 15.4. The Morgan fingerprint density at radius 2 is 2.21 bits per heavy atom. The van der Waals surface area contributed by atoms with Crippen LogP contribution in [0.5, 0.6) is 0 Å². The van der Waals surface area contributed by atoms with E-state index < -0.39 is 5.82 Å². The number of benzene rings is 1. The minimum atomic E-state index is -0.440. The Morgan fingerprint density at radius 1 is 1.53 bits per heavy atom. The molecule has 0 unspecified atom stereocenters. The van der Waals surface area contributed by atoms with Gasteiger partial charge in [-0.2, -0.15) is 0 Å². The van der Waals surface area contributed by atoms with Gasteiger partial charge in [0.1, 0.15) is 10.8 Å². The highest BCUT2D eigenvalue weighted by atomic mass is 32.1. The van der Waals surface area contributed by atoms with E-state index in [-0.39, 0.29) is 16.5 Å². The van der Waals surface area contributed by atoms with E-state index in [0.717, 1.165) is 0 Å². The highest BCUT2D eigenvalue weighted by Crippen LogP contribution is 2.22. The van der Waals surface area contributed by atoms with Crippen molar-refractivity contribution in [2.45, 2.75) is 12.8 Å². The van der Waals surface area contributed by atoms with Gasteiger partial charge in [0.25, 0.3) is 0 Å². The Labute approximate surface area is 117 Å². The molecule has 1 rings (SSSR count). The minimum absolute atomic E-state index is 0.0212. The molecule has 1 aromatic rings. The molecule has 0 aromatic heterocycles. The Morgan fingerprint density at radius 3 is 2.79 bits per heavy atom. The summed E-state index contributed by atoms with van der Waals surface area (Å²) in [4.78, 5) is 12.9. The number of anilines is 1. The summed E-state index contributed by atoms with van der Waals surface area (Å²) in [5.74, 6) is -0.702. The van der Waals surface area contributed by atoms with Gasteiger partial charge in [-0.1, -0.05) is 18.3 Å². The summed E-state index contributed by atoms with van der Waals surface area (Å²) in [6, 6.07) is 4.67. The van der Waals surface area contributed by atoms with Crippen LogP contribution in [0.25, 0.3) is 0 Å². The Hall–Kier alpha value is -1.69. The number of nitrogens with zero attached hydrogens (tertiary/aromatic N) is 1. The molecular formula is C13H17FN2O2S. The van der Waals surface area contributed by atoms with E-state index in [4.69, 9.17) is 18.0 Å². The Kier molecular flexibility index (Phi) is 5.69. The fourth-order valence-electron chi connectivity index (χ4n) is 1.76. The fraction of sp³-hybridized carbons (Fsp3) is 0.385. The number of thiocarbonyl (C=S) groups is 1. The standard InChI is InChI=1S/C13H17FN2O2S/c1-16(8-4-7-11(17)18-2)10-6-3-5-9(14)12(10)13(15)19/h3,5-6H,4,7-8H2,1-2H3,(H2,15,19). The monoisotopic (exact) mass is 284 g/mol. The normalized spacial score (nSPS) is 10.1. The van der Waals surface area contributed by atoms with Gasteiger partial charge in [-0.15, -0.1) is 0 Å². The molecule has 19 heavy (non-hydrogen) atoms. The highest BCUT2D eigenvalue weighted by Gasteiger charge is 2.14. The smallest absolute Gasteiger partial charge is 0.305 e. The first-order valence-corrected chi connectivity index (χ1v) is 6.24. The second kappa shape index (κ2) is 7.04. The van der Waals surface area contributed by atoms with Gasteiger partial charge in [-0.25, -0.2) is 4.39 Å². The molecule has 4 nitrogen and oxygen atoms in total. The molecule has 0 amide bonds. The molecule has 0 aliphatic carbocycles. The number of esters is 1. The molecule has 0 bridgehead atoms. The maximum absolute atomic E-state index is 13.7. The lowest BCUT2D eigenvalue weighted by molar-refractivity contribution is -0.140. The van der Waals surface area contributed by atoms with E-state index in [1.807, 2.05) is 4.90 Å². The Balaban J connectivity index is 2.77. The van der Waals surface area contributed by atoms with Crippen LogP contribution in [0.2, 0.25) is 0 Å². The lowest BCUT2D eigenvalue weighted by Gasteiger charge is -2.22. The van der Waals surface area contributed by atoms with Gasteiger partial charge >= 0.3 is 5.97 Å². The minimum Gasteiger partial charge on any atom is -0.469 e. The van der Waals surface area contributed by atoms with E-state index in [1.165, 1.54) is 13.2 Å². The number of ether oxygens (including phenoxy) is 1. The van der Waals surface area contributed by atoms with Crippen molar-refractivity contribution < 1.29 is 13.9 Å². The quantitative estimate of drug-likeness (QED) is 0.638. The van der Waals surface area contributed by atoms with Crippen molar-refractivity contribution in [3.8, 4) is 0 Å². The second-order valence-corrected chi connectivity index (χ2v) is 4.54.